The van der Waals surface area contributed by atoms with E-state index in [0.29, 0.717) is 22.8 Å². The van der Waals surface area contributed by atoms with E-state index in [1.54, 1.807) is 45.2 Å². The molecule has 1 heterocycles. The zero-order valence-corrected chi connectivity index (χ0v) is 15.4. The van der Waals surface area contributed by atoms with Crippen LogP contribution in [0.2, 0.25) is 0 Å². The van der Waals surface area contributed by atoms with E-state index in [1.165, 1.54) is 0 Å². The maximum absolute atomic E-state index is 12.6. The third kappa shape index (κ3) is 3.95. The van der Waals surface area contributed by atoms with Crippen molar-refractivity contribution in [2.24, 2.45) is 0 Å². The molecule has 2 aromatic rings. The Bertz CT molecular complexity index is 899. The van der Waals surface area contributed by atoms with E-state index in [0.717, 1.165) is 5.56 Å². The molecular weight excluding hydrogens is 348 g/mol. The van der Waals surface area contributed by atoms with Gasteiger partial charge in [0.2, 0.25) is 5.78 Å². The van der Waals surface area contributed by atoms with E-state index in [9.17, 15) is 9.59 Å². The number of methoxy groups -OCH3 is 1. The molecule has 0 saturated carbocycles. The van der Waals surface area contributed by atoms with Crippen molar-refractivity contribution in [3.05, 3.63) is 59.4 Å². The summed E-state index contributed by atoms with van der Waals surface area (Å²) in [5.41, 5.74) is 1.18. The van der Waals surface area contributed by atoms with Gasteiger partial charge in [0, 0.05) is 11.6 Å². The number of hydrogen-bond acceptors (Lipinski definition) is 6. The van der Waals surface area contributed by atoms with Crippen molar-refractivity contribution in [3.8, 4) is 17.2 Å². The lowest BCUT2D eigenvalue weighted by atomic mass is 10.1. The number of fused-ring (bicyclic) bond motifs is 1. The van der Waals surface area contributed by atoms with Crippen LogP contribution in [0.1, 0.15) is 29.8 Å². The molecule has 1 aliphatic heterocycles. The second kappa shape index (κ2) is 7.95. The normalized spacial score (nSPS) is 15.1. The first-order chi connectivity index (χ1) is 13.0. The minimum atomic E-state index is -0.760. The summed E-state index contributed by atoms with van der Waals surface area (Å²) >= 11 is 0. The molecule has 0 saturated heterocycles. The SMILES string of the molecule is CCOC(=O)[C@@H](C)Oc1ccc2c(c1)O/C(=C\c1ccccc1OC)C2=O. The van der Waals surface area contributed by atoms with Gasteiger partial charge in [0.15, 0.2) is 11.9 Å². The third-order valence-electron chi connectivity index (χ3n) is 4.00. The summed E-state index contributed by atoms with van der Waals surface area (Å²) in [5, 5.41) is 0. The monoisotopic (exact) mass is 368 g/mol. The van der Waals surface area contributed by atoms with Gasteiger partial charge >= 0.3 is 5.97 Å². The van der Waals surface area contributed by atoms with Gasteiger partial charge in [0.05, 0.1) is 19.3 Å². The second-order valence-corrected chi connectivity index (χ2v) is 5.85. The van der Waals surface area contributed by atoms with Crippen LogP contribution in [0, 0.1) is 0 Å². The molecule has 1 aliphatic rings. The van der Waals surface area contributed by atoms with Crippen LogP contribution in [-0.2, 0) is 9.53 Å². The zero-order chi connectivity index (χ0) is 19.4. The Labute approximate surface area is 157 Å². The molecule has 3 rings (SSSR count). The first-order valence-corrected chi connectivity index (χ1v) is 8.58. The average molecular weight is 368 g/mol. The Morgan fingerprint density at radius 1 is 1.22 bits per heavy atom. The number of carbonyl (C=O) groups excluding carboxylic acids is 2. The second-order valence-electron chi connectivity index (χ2n) is 5.85. The van der Waals surface area contributed by atoms with Crippen LogP contribution in [0.3, 0.4) is 0 Å². The predicted molar refractivity (Wildman–Crippen MR) is 99.1 cm³/mol. The van der Waals surface area contributed by atoms with Crippen LogP contribution >= 0.6 is 0 Å². The molecule has 0 N–H and O–H groups in total. The highest BCUT2D eigenvalue weighted by Crippen LogP contribution is 2.36. The molecule has 0 fully saturated rings. The lowest BCUT2D eigenvalue weighted by Crippen LogP contribution is -2.26. The highest BCUT2D eigenvalue weighted by atomic mass is 16.6. The Morgan fingerprint density at radius 2 is 2.00 bits per heavy atom. The summed E-state index contributed by atoms with van der Waals surface area (Å²) in [5.74, 6) is 0.970. The van der Waals surface area contributed by atoms with Gasteiger partial charge in [0.1, 0.15) is 17.2 Å². The number of hydrogen-bond donors (Lipinski definition) is 0. The molecule has 27 heavy (non-hydrogen) atoms. The number of carbonyl (C=O) groups is 2. The summed E-state index contributed by atoms with van der Waals surface area (Å²) < 4.78 is 21.5. The van der Waals surface area contributed by atoms with E-state index < -0.39 is 12.1 Å². The average Bonchev–Trinajstić information content (AvgIpc) is 2.97. The van der Waals surface area contributed by atoms with Crippen LogP contribution in [0.25, 0.3) is 6.08 Å². The minimum Gasteiger partial charge on any atom is -0.496 e. The van der Waals surface area contributed by atoms with Crippen molar-refractivity contribution >= 4 is 17.8 Å². The Hall–Kier alpha value is -3.28. The molecule has 6 heteroatoms. The number of Topliss-reactive ketones (excluding diaryl/α,β-unsaturated/α-hetero) is 1. The molecule has 0 radical (unpaired) electrons. The number of benzene rings is 2. The minimum absolute atomic E-state index is 0.199. The molecule has 0 amide bonds. The molecule has 0 aromatic heterocycles. The fourth-order valence-electron chi connectivity index (χ4n) is 2.68. The lowest BCUT2D eigenvalue weighted by Gasteiger charge is -2.13. The van der Waals surface area contributed by atoms with Crippen LogP contribution in [0.4, 0.5) is 0 Å². The van der Waals surface area contributed by atoms with E-state index in [1.807, 2.05) is 24.3 Å². The van der Waals surface area contributed by atoms with Gasteiger partial charge in [-0.25, -0.2) is 4.79 Å². The third-order valence-corrected chi connectivity index (χ3v) is 4.00. The molecule has 6 nitrogen and oxygen atoms in total. The van der Waals surface area contributed by atoms with Crippen molar-refractivity contribution in [2.75, 3.05) is 13.7 Å². The van der Waals surface area contributed by atoms with Gasteiger partial charge in [-0.2, -0.15) is 0 Å². The molecule has 1 atom stereocenters. The zero-order valence-electron chi connectivity index (χ0n) is 15.4. The van der Waals surface area contributed by atoms with Gasteiger partial charge in [-0.3, -0.25) is 4.79 Å². The molecular formula is C21H20O6. The van der Waals surface area contributed by atoms with E-state index >= 15 is 0 Å². The van der Waals surface area contributed by atoms with Crippen molar-refractivity contribution in [3.63, 3.8) is 0 Å². The van der Waals surface area contributed by atoms with Crippen molar-refractivity contribution < 1.29 is 28.5 Å². The summed E-state index contributed by atoms with van der Waals surface area (Å²) in [6, 6.07) is 12.2. The topological polar surface area (TPSA) is 71.1 Å². The fraction of sp³-hybridized carbons (Fsp3) is 0.238. The molecule has 140 valence electrons. The highest BCUT2D eigenvalue weighted by molar-refractivity contribution is 6.14. The standard InChI is InChI=1S/C21H20O6/c1-4-25-21(23)13(2)26-15-9-10-16-18(12-15)27-19(20(16)22)11-14-7-5-6-8-17(14)24-3/h5-13H,4H2,1-3H3/b19-11-/t13-/m1/s1. The van der Waals surface area contributed by atoms with Crippen molar-refractivity contribution in [1.82, 2.24) is 0 Å². The van der Waals surface area contributed by atoms with Crippen molar-refractivity contribution in [1.29, 1.82) is 0 Å². The number of para-hydroxylation sites is 1. The van der Waals surface area contributed by atoms with Crippen molar-refractivity contribution in [2.45, 2.75) is 20.0 Å². The van der Waals surface area contributed by atoms with Crippen LogP contribution < -0.4 is 14.2 Å². The number of ether oxygens (including phenoxy) is 4. The first kappa shape index (κ1) is 18.5. The Balaban J connectivity index is 1.81. The molecule has 0 spiro atoms. The summed E-state index contributed by atoms with van der Waals surface area (Å²) in [7, 11) is 1.57. The largest absolute Gasteiger partial charge is 0.496 e. The number of allylic oxidation sites excluding steroid dienone is 1. The molecule has 2 aromatic carbocycles. The molecule has 0 aliphatic carbocycles. The number of rotatable bonds is 6. The fourth-order valence-corrected chi connectivity index (χ4v) is 2.68. The van der Waals surface area contributed by atoms with Gasteiger partial charge in [0.25, 0.3) is 0 Å². The highest BCUT2D eigenvalue weighted by Gasteiger charge is 2.28. The smallest absolute Gasteiger partial charge is 0.347 e. The maximum Gasteiger partial charge on any atom is 0.347 e. The summed E-state index contributed by atoms with van der Waals surface area (Å²) in [4.78, 5) is 24.3. The maximum atomic E-state index is 12.6. The van der Waals surface area contributed by atoms with E-state index in [2.05, 4.69) is 0 Å². The Kier molecular flexibility index (Phi) is 5.45. The van der Waals surface area contributed by atoms with Gasteiger partial charge in [-0.05, 0) is 38.1 Å². The van der Waals surface area contributed by atoms with Gasteiger partial charge in [-0.1, -0.05) is 18.2 Å². The Morgan fingerprint density at radius 3 is 2.74 bits per heavy atom. The quantitative estimate of drug-likeness (QED) is 0.573. The van der Waals surface area contributed by atoms with Gasteiger partial charge in [-0.15, -0.1) is 0 Å². The van der Waals surface area contributed by atoms with Crippen LogP contribution in [0.5, 0.6) is 17.2 Å². The van der Waals surface area contributed by atoms with Gasteiger partial charge < -0.3 is 18.9 Å². The first-order valence-electron chi connectivity index (χ1n) is 8.58. The van der Waals surface area contributed by atoms with Crippen LogP contribution in [-0.4, -0.2) is 31.6 Å². The van der Waals surface area contributed by atoms with Crippen LogP contribution in [0.15, 0.2) is 48.2 Å². The predicted octanol–water partition coefficient (Wildman–Crippen LogP) is 3.64. The molecule has 0 bridgehead atoms. The molecule has 0 unspecified atom stereocenters. The van der Waals surface area contributed by atoms with E-state index in [-0.39, 0.29) is 18.1 Å². The summed E-state index contributed by atoms with van der Waals surface area (Å²) in [6.45, 7) is 3.62. The number of esters is 1. The lowest BCUT2D eigenvalue weighted by molar-refractivity contribution is -0.150. The summed E-state index contributed by atoms with van der Waals surface area (Å²) in [6.07, 6.45) is 0.881. The van der Waals surface area contributed by atoms with E-state index in [4.69, 9.17) is 18.9 Å². The number of ketones is 1.